The van der Waals surface area contributed by atoms with Gasteiger partial charge >= 0.3 is 0 Å². The van der Waals surface area contributed by atoms with Crippen LogP contribution in [0.1, 0.15) is 35.3 Å². The highest BCUT2D eigenvalue weighted by Crippen LogP contribution is 2.27. The summed E-state index contributed by atoms with van der Waals surface area (Å²) in [5.74, 6) is 1.43. The second-order valence-electron chi connectivity index (χ2n) is 4.96. The first-order valence-corrected chi connectivity index (χ1v) is 6.53. The van der Waals surface area contributed by atoms with Gasteiger partial charge in [-0.15, -0.1) is 0 Å². The number of aryl methyl sites for hydroxylation is 1. The molecule has 2 heteroatoms. The summed E-state index contributed by atoms with van der Waals surface area (Å²) in [6, 6.07) is 13.3. The summed E-state index contributed by atoms with van der Waals surface area (Å²) in [5, 5.41) is 0. The molecule has 0 aliphatic rings. The van der Waals surface area contributed by atoms with Crippen molar-refractivity contribution in [3.8, 4) is 11.5 Å². The molecule has 0 radical (unpaired) electrons. The molecule has 0 heterocycles. The van der Waals surface area contributed by atoms with Crippen LogP contribution in [-0.2, 0) is 0 Å². The summed E-state index contributed by atoms with van der Waals surface area (Å²) in [6.07, 6.45) is 0. The van der Waals surface area contributed by atoms with E-state index >= 15 is 0 Å². The second-order valence-corrected chi connectivity index (χ2v) is 4.96. The van der Waals surface area contributed by atoms with Crippen molar-refractivity contribution in [1.29, 1.82) is 0 Å². The summed E-state index contributed by atoms with van der Waals surface area (Å²) in [4.78, 5) is 11.7. The van der Waals surface area contributed by atoms with Gasteiger partial charge in [0.05, 0.1) is 0 Å². The van der Waals surface area contributed by atoms with E-state index in [1.54, 1.807) is 13.0 Å². The number of carbonyl (C=O) groups excluding carboxylic acids is 1. The zero-order valence-electron chi connectivity index (χ0n) is 12.1. The van der Waals surface area contributed by atoms with E-state index in [0.717, 1.165) is 16.9 Å². The predicted molar refractivity (Wildman–Crippen MR) is 82.4 cm³/mol. The molecule has 102 valence electrons. The van der Waals surface area contributed by atoms with Gasteiger partial charge in [0, 0.05) is 5.56 Å². The van der Waals surface area contributed by atoms with Gasteiger partial charge in [-0.25, -0.2) is 0 Å². The van der Waals surface area contributed by atoms with Gasteiger partial charge in [0.1, 0.15) is 11.5 Å². The third-order valence-corrected chi connectivity index (χ3v) is 3.09. The van der Waals surface area contributed by atoms with Crippen LogP contribution in [0.25, 0.3) is 5.57 Å². The Kier molecular flexibility index (Phi) is 4.04. The molecule has 2 rings (SSSR count). The first-order valence-electron chi connectivity index (χ1n) is 6.53. The fourth-order valence-corrected chi connectivity index (χ4v) is 1.99. The van der Waals surface area contributed by atoms with Crippen molar-refractivity contribution in [2.24, 2.45) is 0 Å². The van der Waals surface area contributed by atoms with Crippen molar-refractivity contribution in [2.75, 3.05) is 0 Å². The molecule has 0 aliphatic heterocycles. The third-order valence-electron chi connectivity index (χ3n) is 3.09. The first kappa shape index (κ1) is 14.1. The Hall–Kier alpha value is -2.35. The molecule has 0 fully saturated rings. The van der Waals surface area contributed by atoms with Crippen LogP contribution in [0.15, 0.2) is 49.0 Å². The lowest BCUT2D eigenvalue weighted by Gasteiger charge is -2.11. The SMILES string of the molecule is C=C(C)c1ccc(Oc2ccc(C)cc2)cc1C(C)=O. The number of ether oxygens (including phenoxy) is 1. The third kappa shape index (κ3) is 3.15. The number of benzene rings is 2. The van der Waals surface area contributed by atoms with Crippen molar-refractivity contribution in [2.45, 2.75) is 20.8 Å². The highest BCUT2D eigenvalue weighted by atomic mass is 16.5. The van der Waals surface area contributed by atoms with Crippen LogP contribution in [0.4, 0.5) is 0 Å². The smallest absolute Gasteiger partial charge is 0.160 e. The predicted octanol–water partition coefficient (Wildman–Crippen LogP) is 5.02. The minimum Gasteiger partial charge on any atom is -0.457 e. The van der Waals surface area contributed by atoms with Gasteiger partial charge in [-0.3, -0.25) is 4.79 Å². The fourth-order valence-electron chi connectivity index (χ4n) is 1.99. The Morgan fingerprint density at radius 1 is 0.950 bits per heavy atom. The molecule has 0 spiro atoms. The Bertz CT molecular complexity index is 652. The highest BCUT2D eigenvalue weighted by Gasteiger charge is 2.10. The Morgan fingerprint density at radius 3 is 2.10 bits per heavy atom. The molecule has 0 saturated carbocycles. The van der Waals surface area contributed by atoms with Crippen molar-refractivity contribution < 1.29 is 9.53 Å². The van der Waals surface area contributed by atoms with E-state index in [9.17, 15) is 4.79 Å². The maximum atomic E-state index is 11.7. The lowest BCUT2D eigenvalue weighted by atomic mass is 9.99. The number of allylic oxidation sites excluding steroid dienone is 1. The molecule has 0 amide bonds. The quantitative estimate of drug-likeness (QED) is 0.726. The highest BCUT2D eigenvalue weighted by molar-refractivity contribution is 5.99. The summed E-state index contributed by atoms with van der Waals surface area (Å²) in [6.45, 7) is 9.37. The van der Waals surface area contributed by atoms with Gasteiger partial charge in [0.25, 0.3) is 0 Å². The molecule has 2 aromatic carbocycles. The maximum absolute atomic E-state index is 11.7. The Balaban J connectivity index is 2.34. The van der Waals surface area contributed by atoms with Crippen LogP contribution >= 0.6 is 0 Å². The average molecular weight is 266 g/mol. The fraction of sp³-hybridized carbons (Fsp3) is 0.167. The van der Waals surface area contributed by atoms with Gasteiger partial charge < -0.3 is 4.74 Å². The molecule has 20 heavy (non-hydrogen) atoms. The molecule has 0 atom stereocenters. The normalized spacial score (nSPS) is 10.2. The lowest BCUT2D eigenvalue weighted by molar-refractivity contribution is 0.101. The molecule has 0 unspecified atom stereocenters. The van der Waals surface area contributed by atoms with E-state index in [2.05, 4.69) is 6.58 Å². The van der Waals surface area contributed by atoms with E-state index in [0.29, 0.717) is 11.3 Å². The van der Waals surface area contributed by atoms with E-state index in [-0.39, 0.29) is 5.78 Å². The minimum absolute atomic E-state index is 0.0114. The maximum Gasteiger partial charge on any atom is 0.160 e. The average Bonchev–Trinajstić information content (AvgIpc) is 2.41. The second kappa shape index (κ2) is 5.74. The number of hydrogen-bond acceptors (Lipinski definition) is 2. The van der Waals surface area contributed by atoms with Gasteiger partial charge in [0.15, 0.2) is 5.78 Å². The Morgan fingerprint density at radius 2 is 1.55 bits per heavy atom. The molecule has 0 aromatic heterocycles. The summed E-state index contributed by atoms with van der Waals surface area (Å²) in [5.41, 5.74) is 3.56. The van der Waals surface area contributed by atoms with E-state index in [1.165, 1.54) is 5.56 Å². The molecule has 0 bridgehead atoms. The van der Waals surface area contributed by atoms with E-state index in [4.69, 9.17) is 4.74 Å². The number of Topliss-reactive ketones (excluding diaryl/α,β-unsaturated/α-hetero) is 1. The van der Waals surface area contributed by atoms with E-state index < -0.39 is 0 Å². The number of carbonyl (C=O) groups is 1. The molecule has 0 N–H and O–H groups in total. The molecule has 0 aliphatic carbocycles. The monoisotopic (exact) mass is 266 g/mol. The van der Waals surface area contributed by atoms with Crippen molar-refractivity contribution >= 4 is 11.4 Å². The standard InChI is InChI=1S/C18H18O2/c1-12(2)17-10-9-16(11-18(17)14(4)19)20-15-7-5-13(3)6-8-15/h5-11H,1H2,2-4H3. The Labute approximate surface area is 119 Å². The molecule has 0 saturated heterocycles. The first-order chi connectivity index (χ1) is 9.47. The molecule has 2 aromatic rings. The van der Waals surface area contributed by atoms with Crippen LogP contribution in [0.2, 0.25) is 0 Å². The number of hydrogen-bond donors (Lipinski definition) is 0. The van der Waals surface area contributed by atoms with Crippen LogP contribution in [0, 0.1) is 6.92 Å². The summed E-state index contributed by atoms with van der Waals surface area (Å²) >= 11 is 0. The largest absolute Gasteiger partial charge is 0.457 e. The zero-order valence-corrected chi connectivity index (χ0v) is 12.1. The van der Waals surface area contributed by atoms with Crippen LogP contribution < -0.4 is 4.74 Å². The summed E-state index contributed by atoms with van der Waals surface area (Å²) < 4.78 is 5.78. The molecular formula is C18H18O2. The van der Waals surface area contributed by atoms with Crippen LogP contribution in [0.5, 0.6) is 11.5 Å². The number of rotatable bonds is 4. The van der Waals surface area contributed by atoms with E-state index in [1.807, 2.05) is 50.2 Å². The van der Waals surface area contributed by atoms with Gasteiger partial charge in [-0.05, 0) is 50.6 Å². The zero-order chi connectivity index (χ0) is 14.7. The van der Waals surface area contributed by atoms with Gasteiger partial charge in [-0.2, -0.15) is 0 Å². The number of ketones is 1. The van der Waals surface area contributed by atoms with Crippen LogP contribution in [0.3, 0.4) is 0 Å². The van der Waals surface area contributed by atoms with Crippen molar-refractivity contribution in [1.82, 2.24) is 0 Å². The van der Waals surface area contributed by atoms with Gasteiger partial charge in [-0.1, -0.05) is 35.9 Å². The topological polar surface area (TPSA) is 26.3 Å². The lowest BCUT2D eigenvalue weighted by Crippen LogP contribution is -1.98. The molecular weight excluding hydrogens is 248 g/mol. The van der Waals surface area contributed by atoms with Gasteiger partial charge in [0.2, 0.25) is 0 Å². The van der Waals surface area contributed by atoms with Crippen LogP contribution in [-0.4, -0.2) is 5.78 Å². The molecule has 2 nitrogen and oxygen atoms in total. The van der Waals surface area contributed by atoms with Crippen molar-refractivity contribution in [3.63, 3.8) is 0 Å². The van der Waals surface area contributed by atoms with Crippen molar-refractivity contribution in [3.05, 3.63) is 65.7 Å². The summed E-state index contributed by atoms with van der Waals surface area (Å²) in [7, 11) is 0. The minimum atomic E-state index is 0.0114.